The van der Waals surface area contributed by atoms with E-state index in [0.29, 0.717) is 32.5 Å². The molecule has 3 heterocycles. The Bertz CT molecular complexity index is 860. The third-order valence-electron chi connectivity index (χ3n) is 5.70. The number of aryl methyl sites for hydroxylation is 1. The van der Waals surface area contributed by atoms with Gasteiger partial charge in [0.25, 0.3) is 5.91 Å². The number of carbonyl (C=O) groups is 2. The van der Waals surface area contributed by atoms with Gasteiger partial charge < -0.3 is 9.80 Å². The predicted molar refractivity (Wildman–Crippen MR) is 108 cm³/mol. The van der Waals surface area contributed by atoms with Crippen molar-refractivity contribution in [1.29, 1.82) is 0 Å². The lowest BCUT2D eigenvalue weighted by Gasteiger charge is -2.42. The van der Waals surface area contributed by atoms with Crippen LogP contribution in [0.15, 0.2) is 30.3 Å². The SMILES string of the molecule is CCCc1nnc(N2CCC3(CC2)C(=O)N(C)C(=O)N3Cc2ccccc2)s1. The van der Waals surface area contributed by atoms with Gasteiger partial charge in [-0.2, -0.15) is 0 Å². The molecule has 3 amide bonds. The Hall–Kier alpha value is -2.48. The Morgan fingerprint density at radius 3 is 2.50 bits per heavy atom. The minimum atomic E-state index is -0.755. The molecular weight excluding hydrogens is 374 g/mol. The van der Waals surface area contributed by atoms with Gasteiger partial charge in [0, 0.05) is 33.1 Å². The van der Waals surface area contributed by atoms with Gasteiger partial charge in [-0.05, 0) is 24.8 Å². The van der Waals surface area contributed by atoms with Crippen LogP contribution in [0.25, 0.3) is 0 Å². The first-order valence-corrected chi connectivity index (χ1v) is 10.6. The molecule has 0 unspecified atom stereocenters. The standard InChI is InChI=1S/C20H25N5O2S/c1-3-7-16-21-22-18(28-16)24-12-10-20(11-13-24)17(26)23(2)19(27)25(20)14-15-8-5-4-6-9-15/h4-6,8-9H,3,7,10-14H2,1-2H3. The van der Waals surface area contributed by atoms with Gasteiger partial charge in [-0.25, -0.2) is 4.79 Å². The molecule has 8 heteroatoms. The molecule has 0 atom stereocenters. The molecule has 1 aromatic heterocycles. The number of benzene rings is 1. The molecule has 2 saturated heterocycles. The molecule has 1 spiro atoms. The summed E-state index contributed by atoms with van der Waals surface area (Å²) >= 11 is 1.63. The van der Waals surface area contributed by atoms with Crippen molar-refractivity contribution in [3.8, 4) is 0 Å². The lowest BCUT2D eigenvalue weighted by Crippen LogP contribution is -2.56. The molecule has 148 valence electrons. The molecule has 0 aliphatic carbocycles. The summed E-state index contributed by atoms with van der Waals surface area (Å²) in [7, 11) is 1.59. The van der Waals surface area contributed by atoms with E-state index in [-0.39, 0.29) is 11.9 Å². The largest absolute Gasteiger partial charge is 0.346 e. The first kappa shape index (κ1) is 18.9. The zero-order chi connectivity index (χ0) is 19.7. The van der Waals surface area contributed by atoms with Crippen molar-refractivity contribution in [1.82, 2.24) is 20.0 Å². The van der Waals surface area contributed by atoms with Gasteiger partial charge in [-0.15, -0.1) is 10.2 Å². The lowest BCUT2D eigenvalue weighted by atomic mass is 9.85. The Morgan fingerprint density at radius 2 is 1.82 bits per heavy atom. The van der Waals surface area contributed by atoms with Crippen LogP contribution in [-0.2, 0) is 17.8 Å². The quantitative estimate of drug-likeness (QED) is 0.723. The molecule has 2 fully saturated rings. The molecule has 2 aromatic rings. The van der Waals surface area contributed by atoms with Crippen LogP contribution in [0, 0.1) is 0 Å². The number of carbonyl (C=O) groups excluding carboxylic acids is 2. The molecule has 1 aromatic carbocycles. The van der Waals surface area contributed by atoms with Crippen molar-refractivity contribution >= 4 is 28.4 Å². The Labute approximate surface area is 169 Å². The summed E-state index contributed by atoms with van der Waals surface area (Å²) in [5.74, 6) is -0.0861. The molecule has 2 aliphatic heterocycles. The minimum Gasteiger partial charge on any atom is -0.346 e. The zero-order valence-electron chi connectivity index (χ0n) is 16.3. The minimum absolute atomic E-state index is 0.0861. The monoisotopic (exact) mass is 399 g/mol. The van der Waals surface area contributed by atoms with Crippen molar-refractivity contribution in [2.24, 2.45) is 0 Å². The number of aromatic nitrogens is 2. The number of nitrogens with zero attached hydrogens (tertiary/aromatic N) is 5. The van der Waals surface area contributed by atoms with Crippen LogP contribution >= 0.6 is 11.3 Å². The van der Waals surface area contributed by atoms with Gasteiger partial charge in [0.2, 0.25) is 5.13 Å². The van der Waals surface area contributed by atoms with Gasteiger partial charge in [0.1, 0.15) is 10.5 Å². The predicted octanol–water partition coefficient (Wildman–Crippen LogP) is 2.92. The summed E-state index contributed by atoms with van der Waals surface area (Å²) in [6, 6.07) is 9.66. The van der Waals surface area contributed by atoms with Gasteiger partial charge in [-0.1, -0.05) is 48.6 Å². The molecule has 0 N–H and O–H groups in total. The van der Waals surface area contributed by atoms with Crippen molar-refractivity contribution in [2.75, 3.05) is 25.0 Å². The molecule has 0 bridgehead atoms. The fraction of sp³-hybridized carbons (Fsp3) is 0.500. The van der Waals surface area contributed by atoms with Gasteiger partial charge in [0.15, 0.2) is 0 Å². The number of hydrogen-bond donors (Lipinski definition) is 0. The van der Waals surface area contributed by atoms with Crippen molar-refractivity contribution in [3.05, 3.63) is 40.9 Å². The fourth-order valence-corrected chi connectivity index (χ4v) is 5.09. The van der Waals surface area contributed by atoms with E-state index in [0.717, 1.165) is 28.5 Å². The number of rotatable bonds is 5. The smallest absolute Gasteiger partial charge is 0.327 e. The number of piperidine rings is 1. The van der Waals surface area contributed by atoms with E-state index in [1.54, 1.807) is 23.3 Å². The van der Waals surface area contributed by atoms with E-state index in [2.05, 4.69) is 22.0 Å². The molecule has 0 saturated carbocycles. The van der Waals surface area contributed by atoms with Gasteiger partial charge >= 0.3 is 6.03 Å². The highest BCUT2D eigenvalue weighted by molar-refractivity contribution is 7.15. The van der Waals surface area contributed by atoms with Crippen LogP contribution in [-0.4, -0.2) is 57.6 Å². The van der Waals surface area contributed by atoms with Crippen LogP contribution in [0.3, 0.4) is 0 Å². The number of urea groups is 1. The average Bonchev–Trinajstić information content (AvgIpc) is 3.25. The highest BCUT2D eigenvalue weighted by Gasteiger charge is 2.56. The third kappa shape index (κ3) is 3.15. The molecule has 28 heavy (non-hydrogen) atoms. The number of imide groups is 1. The number of hydrogen-bond acceptors (Lipinski definition) is 6. The van der Waals surface area contributed by atoms with E-state index in [1.807, 2.05) is 30.3 Å². The van der Waals surface area contributed by atoms with E-state index in [9.17, 15) is 9.59 Å². The van der Waals surface area contributed by atoms with Gasteiger partial charge in [0.05, 0.1) is 0 Å². The summed E-state index contributed by atoms with van der Waals surface area (Å²) < 4.78 is 0. The second-order valence-corrected chi connectivity index (χ2v) is 8.51. The van der Waals surface area contributed by atoms with Crippen molar-refractivity contribution in [3.63, 3.8) is 0 Å². The topological polar surface area (TPSA) is 69.6 Å². The van der Waals surface area contributed by atoms with Crippen LogP contribution in [0.5, 0.6) is 0 Å². The summed E-state index contributed by atoms with van der Waals surface area (Å²) in [5.41, 5.74) is 0.281. The normalized spacial score (nSPS) is 19.1. The first-order chi connectivity index (χ1) is 13.5. The summed E-state index contributed by atoms with van der Waals surface area (Å²) in [6.45, 7) is 3.97. The van der Waals surface area contributed by atoms with E-state index >= 15 is 0 Å². The summed E-state index contributed by atoms with van der Waals surface area (Å²) in [5, 5.41) is 10.6. The summed E-state index contributed by atoms with van der Waals surface area (Å²) in [6.07, 6.45) is 3.21. The van der Waals surface area contributed by atoms with Crippen LogP contribution in [0.2, 0.25) is 0 Å². The highest BCUT2D eigenvalue weighted by atomic mass is 32.1. The van der Waals surface area contributed by atoms with E-state index in [4.69, 9.17) is 0 Å². The Kier molecular flexibility index (Phi) is 5.05. The number of amides is 3. The molecule has 2 aliphatic rings. The highest BCUT2D eigenvalue weighted by Crippen LogP contribution is 2.39. The maximum Gasteiger partial charge on any atom is 0.327 e. The fourth-order valence-electron chi connectivity index (χ4n) is 4.10. The second kappa shape index (κ2) is 7.50. The Balaban J connectivity index is 1.53. The van der Waals surface area contributed by atoms with Crippen molar-refractivity contribution in [2.45, 2.75) is 44.7 Å². The number of likely N-dealkylation sites (N-methyl/N-ethyl adjacent to an activating group) is 1. The Morgan fingerprint density at radius 1 is 1.11 bits per heavy atom. The van der Waals surface area contributed by atoms with E-state index in [1.165, 1.54) is 4.90 Å². The molecular formula is C20H25N5O2S. The second-order valence-electron chi connectivity index (χ2n) is 7.47. The average molecular weight is 400 g/mol. The zero-order valence-corrected chi connectivity index (χ0v) is 17.1. The maximum absolute atomic E-state index is 13.0. The first-order valence-electron chi connectivity index (χ1n) is 9.76. The van der Waals surface area contributed by atoms with Crippen molar-refractivity contribution < 1.29 is 9.59 Å². The summed E-state index contributed by atoms with van der Waals surface area (Å²) in [4.78, 5) is 31.1. The maximum atomic E-state index is 13.0. The van der Waals surface area contributed by atoms with Gasteiger partial charge in [-0.3, -0.25) is 9.69 Å². The van der Waals surface area contributed by atoms with E-state index < -0.39 is 5.54 Å². The van der Waals surface area contributed by atoms with Crippen LogP contribution in [0.4, 0.5) is 9.93 Å². The molecule has 4 rings (SSSR count). The third-order valence-corrected chi connectivity index (χ3v) is 6.75. The number of anilines is 1. The van der Waals surface area contributed by atoms with Crippen LogP contribution < -0.4 is 4.90 Å². The lowest BCUT2D eigenvalue weighted by molar-refractivity contribution is -0.133. The van der Waals surface area contributed by atoms with Crippen LogP contribution in [0.1, 0.15) is 36.8 Å². The molecule has 0 radical (unpaired) electrons. The molecule has 7 nitrogen and oxygen atoms in total.